The molecule has 0 saturated carbocycles. The van der Waals surface area contributed by atoms with E-state index < -0.39 is 0 Å². The molecule has 0 fully saturated rings. The molecular formula is C25H22N4S. The average molecular weight is 411 g/mol. The lowest BCUT2D eigenvalue weighted by atomic mass is 9.87. The van der Waals surface area contributed by atoms with Crippen LogP contribution in [0.3, 0.4) is 0 Å². The Kier molecular flexibility index (Phi) is 4.09. The van der Waals surface area contributed by atoms with Crippen LogP contribution in [0.2, 0.25) is 0 Å². The van der Waals surface area contributed by atoms with Crippen molar-refractivity contribution in [2.45, 2.75) is 23.2 Å². The van der Waals surface area contributed by atoms with Crippen LogP contribution in [0.15, 0.2) is 93.6 Å². The molecule has 0 saturated heterocycles. The van der Waals surface area contributed by atoms with Crippen LogP contribution in [0.25, 0.3) is 11.6 Å². The summed E-state index contributed by atoms with van der Waals surface area (Å²) < 4.78 is 0. The number of dihydropyridines is 1. The summed E-state index contributed by atoms with van der Waals surface area (Å²) in [4.78, 5) is 6.34. The Morgan fingerprint density at radius 3 is 2.77 bits per heavy atom. The van der Waals surface area contributed by atoms with Gasteiger partial charge in [0.25, 0.3) is 0 Å². The Bertz CT molecular complexity index is 1180. The highest BCUT2D eigenvalue weighted by Gasteiger charge is 2.29. The highest BCUT2D eigenvalue weighted by Crippen LogP contribution is 2.41. The van der Waals surface area contributed by atoms with Crippen molar-refractivity contribution in [2.75, 3.05) is 11.9 Å². The molecule has 3 aliphatic heterocycles. The maximum Gasteiger partial charge on any atom is 0.131 e. The van der Waals surface area contributed by atoms with E-state index in [1.54, 1.807) is 0 Å². The average Bonchev–Trinajstić information content (AvgIpc) is 3.23. The predicted molar refractivity (Wildman–Crippen MR) is 126 cm³/mol. The summed E-state index contributed by atoms with van der Waals surface area (Å²) in [6.45, 7) is 2.92. The van der Waals surface area contributed by atoms with E-state index in [1.807, 2.05) is 11.8 Å². The van der Waals surface area contributed by atoms with Crippen molar-refractivity contribution >= 4 is 34.9 Å². The largest absolute Gasteiger partial charge is 0.382 e. The SMILES string of the molecule is CC1=C2c3ccccc3C=CC2N=C(C2=CC=C(C3Nc4ccccc4S3)NC2)N1. The number of hydrogen-bond acceptors (Lipinski definition) is 5. The van der Waals surface area contributed by atoms with Crippen LogP contribution in [-0.4, -0.2) is 23.8 Å². The Morgan fingerprint density at radius 1 is 1.03 bits per heavy atom. The minimum absolute atomic E-state index is 0.0731. The van der Waals surface area contributed by atoms with Gasteiger partial charge in [-0.1, -0.05) is 66.4 Å². The van der Waals surface area contributed by atoms with Crippen molar-refractivity contribution in [1.29, 1.82) is 0 Å². The molecule has 0 radical (unpaired) electrons. The third-order valence-electron chi connectivity index (χ3n) is 5.94. The van der Waals surface area contributed by atoms with Gasteiger partial charge in [-0.2, -0.15) is 0 Å². The maximum atomic E-state index is 5.03. The first-order valence-electron chi connectivity index (χ1n) is 10.3. The zero-order valence-corrected chi connectivity index (χ0v) is 17.5. The van der Waals surface area contributed by atoms with E-state index in [-0.39, 0.29) is 11.4 Å². The fraction of sp³-hybridized carbons (Fsp3) is 0.160. The Balaban J connectivity index is 1.25. The molecule has 2 unspecified atom stereocenters. The van der Waals surface area contributed by atoms with Gasteiger partial charge in [-0.15, -0.1) is 0 Å². The van der Waals surface area contributed by atoms with Gasteiger partial charge in [0, 0.05) is 39.7 Å². The quantitative estimate of drug-likeness (QED) is 0.667. The van der Waals surface area contributed by atoms with Gasteiger partial charge in [-0.05, 0) is 36.3 Å². The van der Waals surface area contributed by atoms with Crippen molar-refractivity contribution in [3.63, 3.8) is 0 Å². The Hall–Kier alpha value is -3.18. The van der Waals surface area contributed by atoms with Crippen LogP contribution in [0.5, 0.6) is 0 Å². The van der Waals surface area contributed by atoms with Crippen molar-refractivity contribution in [1.82, 2.24) is 10.6 Å². The Morgan fingerprint density at radius 2 is 1.90 bits per heavy atom. The third-order valence-corrected chi connectivity index (χ3v) is 7.15. The van der Waals surface area contributed by atoms with Crippen LogP contribution in [0.1, 0.15) is 18.1 Å². The molecule has 4 aliphatic rings. The van der Waals surface area contributed by atoms with Crippen LogP contribution < -0.4 is 16.0 Å². The van der Waals surface area contributed by atoms with E-state index in [9.17, 15) is 0 Å². The smallest absolute Gasteiger partial charge is 0.131 e. The van der Waals surface area contributed by atoms with Crippen molar-refractivity contribution in [2.24, 2.45) is 4.99 Å². The fourth-order valence-electron chi connectivity index (χ4n) is 4.42. The normalized spacial score (nSPS) is 23.7. The van der Waals surface area contributed by atoms with Gasteiger partial charge in [0.15, 0.2) is 0 Å². The summed E-state index contributed by atoms with van der Waals surface area (Å²) in [5, 5.41) is 11.0. The number of rotatable bonds is 2. The summed E-state index contributed by atoms with van der Waals surface area (Å²) in [6, 6.07) is 17.1. The molecule has 0 amide bonds. The van der Waals surface area contributed by atoms with Crippen LogP contribution in [0.4, 0.5) is 5.69 Å². The van der Waals surface area contributed by atoms with E-state index in [1.165, 1.54) is 44.3 Å². The highest BCUT2D eigenvalue weighted by molar-refractivity contribution is 8.00. The summed E-state index contributed by atoms with van der Waals surface area (Å²) >= 11 is 1.85. The van der Waals surface area contributed by atoms with E-state index in [4.69, 9.17) is 4.99 Å². The molecule has 3 heterocycles. The number of allylic oxidation sites excluding steroid dienone is 3. The lowest BCUT2D eigenvalue weighted by Crippen LogP contribution is -2.38. The van der Waals surface area contributed by atoms with Gasteiger partial charge in [0.1, 0.15) is 11.2 Å². The first-order chi connectivity index (χ1) is 14.8. The second-order valence-electron chi connectivity index (χ2n) is 7.84. The molecule has 0 bridgehead atoms. The molecule has 6 rings (SSSR count). The lowest BCUT2D eigenvalue weighted by molar-refractivity contribution is 0.826. The highest BCUT2D eigenvalue weighted by atomic mass is 32.2. The molecule has 0 spiro atoms. The van der Waals surface area contributed by atoms with Gasteiger partial charge >= 0.3 is 0 Å². The van der Waals surface area contributed by atoms with Gasteiger partial charge < -0.3 is 16.0 Å². The van der Waals surface area contributed by atoms with Gasteiger partial charge in [-0.3, -0.25) is 4.99 Å². The first-order valence-corrected chi connectivity index (χ1v) is 11.1. The number of para-hydroxylation sites is 1. The van der Waals surface area contributed by atoms with Gasteiger partial charge in [0.2, 0.25) is 0 Å². The molecule has 3 N–H and O–H groups in total. The van der Waals surface area contributed by atoms with Crippen LogP contribution in [-0.2, 0) is 0 Å². The first kappa shape index (κ1) is 17.7. The predicted octanol–water partition coefficient (Wildman–Crippen LogP) is 4.77. The monoisotopic (exact) mass is 410 g/mol. The molecular weight excluding hydrogens is 388 g/mol. The van der Waals surface area contributed by atoms with Crippen molar-refractivity contribution in [3.8, 4) is 0 Å². The number of nitrogens with zero attached hydrogens (tertiary/aromatic N) is 1. The second-order valence-corrected chi connectivity index (χ2v) is 8.99. The molecule has 30 heavy (non-hydrogen) atoms. The van der Waals surface area contributed by atoms with Crippen molar-refractivity contribution < 1.29 is 0 Å². The lowest BCUT2D eigenvalue weighted by Gasteiger charge is -2.30. The zero-order valence-electron chi connectivity index (χ0n) is 16.6. The Labute approximate surface area is 180 Å². The van der Waals surface area contributed by atoms with E-state index >= 15 is 0 Å². The zero-order chi connectivity index (χ0) is 20.1. The number of benzene rings is 2. The second kappa shape index (κ2) is 6.96. The number of aliphatic imine (C=N–C) groups is 1. The number of hydrogen-bond donors (Lipinski definition) is 3. The van der Waals surface area contributed by atoms with Gasteiger partial charge in [-0.25, -0.2) is 0 Å². The fourth-order valence-corrected chi connectivity index (χ4v) is 5.56. The van der Waals surface area contributed by atoms with E-state index in [2.05, 4.69) is 95.7 Å². The van der Waals surface area contributed by atoms with Crippen LogP contribution in [0, 0.1) is 0 Å². The van der Waals surface area contributed by atoms with Crippen molar-refractivity contribution in [3.05, 3.63) is 94.9 Å². The minimum Gasteiger partial charge on any atom is -0.382 e. The summed E-state index contributed by atoms with van der Waals surface area (Å²) in [7, 11) is 0. The van der Waals surface area contributed by atoms with E-state index in [0.29, 0.717) is 0 Å². The number of anilines is 1. The standard InChI is InChI=1S/C25H22N4S/c1-15-23-18-7-3-2-6-16(18)10-12-20(23)28-24(27-15)17-11-13-21(26-14-17)25-29-19-8-4-5-9-22(19)30-25/h2-13,20,25-26,29H,14H2,1H3,(H,27,28). The molecule has 4 nitrogen and oxygen atoms in total. The number of amidine groups is 1. The summed E-state index contributed by atoms with van der Waals surface area (Å²) in [5.74, 6) is 0.961. The number of nitrogens with one attached hydrogen (secondary N) is 3. The molecule has 2 atom stereocenters. The topological polar surface area (TPSA) is 48.5 Å². The number of thioether (sulfide) groups is 1. The summed E-state index contributed by atoms with van der Waals surface area (Å²) in [6.07, 6.45) is 8.77. The van der Waals surface area contributed by atoms with Crippen LogP contribution >= 0.6 is 11.8 Å². The summed E-state index contributed by atoms with van der Waals surface area (Å²) in [5.41, 5.74) is 8.60. The van der Waals surface area contributed by atoms with Gasteiger partial charge in [0.05, 0.1) is 6.04 Å². The maximum absolute atomic E-state index is 5.03. The molecule has 2 aromatic carbocycles. The molecule has 1 aliphatic carbocycles. The number of fused-ring (bicyclic) bond motifs is 4. The van der Waals surface area contributed by atoms with E-state index in [0.717, 1.165) is 12.4 Å². The molecule has 2 aromatic rings. The minimum atomic E-state index is 0.0731. The third kappa shape index (κ3) is 2.89. The molecule has 5 heteroatoms. The molecule has 148 valence electrons. The molecule has 0 aromatic heterocycles.